The van der Waals surface area contributed by atoms with Crippen LogP contribution in [0.15, 0.2) is 51.8 Å². The average molecular weight is 378 g/mol. The van der Waals surface area contributed by atoms with Gasteiger partial charge in [0.1, 0.15) is 0 Å². The summed E-state index contributed by atoms with van der Waals surface area (Å²) >= 11 is 5.21. The second-order valence-corrected chi connectivity index (χ2v) is 6.64. The summed E-state index contributed by atoms with van der Waals surface area (Å²) in [6, 6.07) is 14.4. The van der Waals surface area contributed by atoms with Gasteiger partial charge in [-0.05, 0) is 64.5 Å². The Balaban J connectivity index is 2.17. The third-order valence-corrected chi connectivity index (χ3v) is 4.88. The van der Waals surface area contributed by atoms with Gasteiger partial charge in [-0.25, -0.2) is 0 Å². The van der Waals surface area contributed by atoms with Gasteiger partial charge in [0.25, 0.3) is 0 Å². The van der Waals surface area contributed by atoms with Crippen LogP contribution in [0, 0.1) is 5.41 Å². The fourth-order valence-electron chi connectivity index (χ4n) is 2.05. The predicted octanol–water partition coefficient (Wildman–Crippen LogP) is 5.22. The normalized spacial score (nSPS) is 10.4. The van der Waals surface area contributed by atoms with E-state index in [1.54, 1.807) is 11.8 Å². The Labute approximate surface area is 144 Å². The molecule has 0 bridgehead atoms. The van der Waals surface area contributed by atoms with E-state index in [2.05, 4.69) is 46.4 Å². The number of benzene rings is 2. The SMILES string of the molecule is CCc1cccc(N(C)C(=N)Nc2cc(SC)ccc2Br)c1. The minimum atomic E-state index is 0.340. The summed E-state index contributed by atoms with van der Waals surface area (Å²) < 4.78 is 0.950. The van der Waals surface area contributed by atoms with Gasteiger partial charge in [-0.15, -0.1) is 11.8 Å². The van der Waals surface area contributed by atoms with Crippen molar-refractivity contribution in [3.8, 4) is 0 Å². The first kappa shape index (κ1) is 16.9. The number of thioether (sulfide) groups is 1. The minimum absolute atomic E-state index is 0.340. The van der Waals surface area contributed by atoms with Crippen molar-refractivity contribution in [3.63, 3.8) is 0 Å². The predicted molar refractivity (Wildman–Crippen MR) is 101 cm³/mol. The summed E-state index contributed by atoms with van der Waals surface area (Å²) in [5, 5.41) is 11.5. The summed E-state index contributed by atoms with van der Waals surface area (Å²) in [5.41, 5.74) is 3.17. The zero-order valence-electron chi connectivity index (χ0n) is 13.0. The summed E-state index contributed by atoms with van der Waals surface area (Å²) in [6.45, 7) is 2.13. The average Bonchev–Trinajstić information content (AvgIpc) is 2.56. The van der Waals surface area contributed by atoms with Crippen LogP contribution in [0.2, 0.25) is 0 Å². The van der Waals surface area contributed by atoms with Crippen molar-refractivity contribution < 1.29 is 0 Å². The molecule has 5 heteroatoms. The number of guanidine groups is 1. The van der Waals surface area contributed by atoms with Gasteiger partial charge in [0.15, 0.2) is 5.96 Å². The maximum Gasteiger partial charge on any atom is 0.199 e. The fraction of sp³-hybridized carbons (Fsp3) is 0.235. The molecule has 3 nitrogen and oxygen atoms in total. The number of aryl methyl sites for hydroxylation is 1. The van der Waals surface area contributed by atoms with E-state index in [1.165, 1.54) is 5.56 Å². The van der Waals surface area contributed by atoms with E-state index < -0.39 is 0 Å². The highest BCUT2D eigenvalue weighted by Crippen LogP contribution is 2.28. The van der Waals surface area contributed by atoms with Crippen LogP contribution in [-0.4, -0.2) is 19.3 Å². The monoisotopic (exact) mass is 377 g/mol. The van der Waals surface area contributed by atoms with E-state index in [-0.39, 0.29) is 0 Å². The van der Waals surface area contributed by atoms with Crippen LogP contribution in [0.1, 0.15) is 12.5 Å². The minimum Gasteiger partial charge on any atom is -0.325 e. The van der Waals surface area contributed by atoms with Crippen molar-refractivity contribution in [3.05, 3.63) is 52.5 Å². The van der Waals surface area contributed by atoms with E-state index >= 15 is 0 Å². The number of nitrogens with zero attached hydrogens (tertiary/aromatic N) is 1. The Morgan fingerprint density at radius 3 is 2.73 bits per heavy atom. The molecule has 0 amide bonds. The molecule has 0 aliphatic rings. The maximum atomic E-state index is 8.31. The highest BCUT2D eigenvalue weighted by molar-refractivity contribution is 9.10. The fourth-order valence-corrected chi connectivity index (χ4v) is 2.84. The highest BCUT2D eigenvalue weighted by Gasteiger charge is 2.10. The zero-order valence-corrected chi connectivity index (χ0v) is 15.4. The van der Waals surface area contributed by atoms with Gasteiger partial charge in [0.05, 0.1) is 5.69 Å². The third kappa shape index (κ3) is 4.05. The summed E-state index contributed by atoms with van der Waals surface area (Å²) in [7, 11) is 1.90. The number of rotatable bonds is 4. The molecule has 0 saturated carbocycles. The Morgan fingerprint density at radius 2 is 2.05 bits per heavy atom. The van der Waals surface area contributed by atoms with Crippen LogP contribution in [0.3, 0.4) is 0 Å². The molecule has 0 saturated heterocycles. The van der Waals surface area contributed by atoms with Crippen molar-refractivity contribution in [2.24, 2.45) is 0 Å². The molecule has 2 aromatic rings. The van der Waals surface area contributed by atoms with Gasteiger partial charge >= 0.3 is 0 Å². The first-order valence-electron chi connectivity index (χ1n) is 7.07. The molecule has 0 aromatic heterocycles. The molecule has 2 N–H and O–H groups in total. The molecule has 0 aliphatic heterocycles. The lowest BCUT2D eigenvalue weighted by Gasteiger charge is -2.22. The van der Waals surface area contributed by atoms with Crippen LogP contribution in [0.5, 0.6) is 0 Å². The molecule has 0 radical (unpaired) electrons. The Bertz CT molecular complexity index is 673. The number of anilines is 2. The molecule has 0 unspecified atom stereocenters. The van der Waals surface area contributed by atoms with Crippen molar-refractivity contribution in [2.75, 3.05) is 23.5 Å². The molecule has 0 fully saturated rings. The zero-order chi connectivity index (χ0) is 16.1. The molecular formula is C17H20BrN3S. The third-order valence-electron chi connectivity index (χ3n) is 3.47. The van der Waals surface area contributed by atoms with Gasteiger partial charge in [0, 0.05) is 22.1 Å². The number of nitrogens with one attached hydrogen (secondary N) is 2. The van der Waals surface area contributed by atoms with Crippen molar-refractivity contribution in [2.45, 2.75) is 18.2 Å². The molecule has 0 spiro atoms. The summed E-state index contributed by atoms with van der Waals surface area (Å²) in [5.74, 6) is 0.340. The van der Waals surface area contributed by atoms with Crippen molar-refractivity contribution >= 4 is 45.0 Å². The Hall–Kier alpha value is -1.46. The molecule has 2 rings (SSSR count). The number of hydrogen-bond acceptors (Lipinski definition) is 2. The summed E-state index contributed by atoms with van der Waals surface area (Å²) in [6.07, 6.45) is 3.03. The Kier molecular flexibility index (Phi) is 5.91. The molecule has 2 aromatic carbocycles. The van der Waals surface area contributed by atoms with Crippen LogP contribution in [0.4, 0.5) is 11.4 Å². The second-order valence-electron chi connectivity index (χ2n) is 4.90. The molecule has 116 valence electrons. The second kappa shape index (κ2) is 7.70. The standard InChI is InChI=1S/C17H20BrN3S/c1-4-12-6-5-7-13(10-12)21(2)17(19)20-16-11-14(22-3)8-9-15(16)18/h5-11H,4H2,1-3H3,(H2,19,20). The molecule has 0 atom stereocenters. The molecule has 0 heterocycles. The van der Waals surface area contributed by atoms with E-state index in [0.717, 1.165) is 27.2 Å². The lowest BCUT2D eigenvalue weighted by atomic mass is 10.1. The van der Waals surface area contributed by atoms with Crippen LogP contribution >= 0.6 is 27.7 Å². The lowest BCUT2D eigenvalue weighted by Crippen LogP contribution is -2.32. The van der Waals surface area contributed by atoms with Gasteiger partial charge in [-0.3, -0.25) is 5.41 Å². The number of hydrogen-bond donors (Lipinski definition) is 2. The van der Waals surface area contributed by atoms with E-state index in [1.807, 2.05) is 42.5 Å². The van der Waals surface area contributed by atoms with Crippen LogP contribution < -0.4 is 10.2 Å². The summed E-state index contributed by atoms with van der Waals surface area (Å²) in [4.78, 5) is 3.01. The van der Waals surface area contributed by atoms with Gasteiger partial charge in [0.2, 0.25) is 0 Å². The van der Waals surface area contributed by atoms with Crippen LogP contribution in [-0.2, 0) is 6.42 Å². The van der Waals surface area contributed by atoms with Gasteiger partial charge in [-0.2, -0.15) is 0 Å². The molecule has 0 aliphatic carbocycles. The van der Waals surface area contributed by atoms with E-state index in [0.29, 0.717) is 5.96 Å². The molecular weight excluding hydrogens is 358 g/mol. The first-order chi connectivity index (χ1) is 10.5. The quantitative estimate of drug-likeness (QED) is 0.436. The van der Waals surface area contributed by atoms with Crippen molar-refractivity contribution in [1.82, 2.24) is 0 Å². The number of halogens is 1. The first-order valence-corrected chi connectivity index (χ1v) is 9.08. The Morgan fingerprint density at radius 1 is 1.27 bits per heavy atom. The van der Waals surface area contributed by atoms with Crippen LogP contribution in [0.25, 0.3) is 0 Å². The van der Waals surface area contributed by atoms with Gasteiger partial charge < -0.3 is 10.2 Å². The molecule has 22 heavy (non-hydrogen) atoms. The van der Waals surface area contributed by atoms with E-state index in [4.69, 9.17) is 5.41 Å². The smallest absolute Gasteiger partial charge is 0.199 e. The van der Waals surface area contributed by atoms with Gasteiger partial charge in [-0.1, -0.05) is 19.1 Å². The highest BCUT2D eigenvalue weighted by atomic mass is 79.9. The lowest BCUT2D eigenvalue weighted by molar-refractivity contribution is 1.13. The topological polar surface area (TPSA) is 39.1 Å². The van der Waals surface area contributed by atoms with Crippen molar-refractivity contribution in [1.29, 1.82) is 5.41 Å². The van der Waals surface area contributed by atoms with E-state index in [9.17, 15) is 0 Å². The maximum absolute atomic E-state index is 8.31. The largest absolute Gasteiger partial charge is 0.325 e.